The molecule has 0 atom stereocenters. The first-order valence-electron chi connectivity index (χ1n) is 5.88. The second kappa shape index (κ2) is 6.20. The fourth-order valence-electron chi connectivity index (χ4n) is 1.76. The number of hydrogen-bond acceptors (Lipinski definition) is 3. The maximum absolute atomic E-state index is 13.4. The first-order valence-corrected chi connectivity index (χ1v) is 5.88. The van der Waals surface area contributed by atoms with Crippen LogP contribution in [0.1, 0.15) is 11.1 Å². The zero-order valence-corrected chi connectivity index (χ0v) is 10.6. The number of aliphatic hydroxyl groups excluding tert-OH is 1. The van der Waals surface area contributed by atoms with Gasteiger partial charge in [0.05, 0.1) is 13.7 Å². The monoisotopic (exact) mass is 262 g/mol. The topological polar surface area (TPSA) is 38.7 Å². The summed E-state index contributed by atoms with van der Waals surface area (Å²) in [5.41, 5.74) is 1.52. The van der Waals surface area contributed by atoms with Crippen molar-refractivity contribution in [1.29, 1.82) is 0 Å². The molecule has 0 unspecified atom stereocenters. The molecule has 0 fully saturated rings. The maximum Gasteiger partial charge on any atom is 0.165 e. The quantitative estimate of drug-likeness (QED) is 0.900. The van der Waals surface area contributed by atoms with Crippen molar-refractivity contribution in [3.63, 3.8) is 0 Å². The summed E-state index contributed by atoms with van der Waals surface area (Å²) in [7, 11) is 1.56. The van der Waals surface area contributed by atoms with E-state index in [1.807, 2.05) is 0 Å². The molecule has 19 heavy (non-hydrogen) atoms. The predicted octanol–water partition coefficient (Wildman–Crippen LogP) is 2.91. The summed E-state index contributed by atoms with van der Waals surface area (Å²) >= 11 is 0. The maximum atomic E-state index is 13.4. The van der Waals surface area contributed by atoms with Gasteiger partial charge < -0.3 is 14.6 Å². The van der Waals surface area contributed by atoms with Gasteiger partial charge in [-0.1, -0.05) is 18.2 Å². The van der Waals surface area contributed by atoms with Crippen LogP contribution in [0.5, 0.6) is 11.5 Å². The second-order valence-electron chi connectivity index (χ2n) is 4.02. The molecule has 0 aromatic heterocycles. The SMILES string of the molecule is COc1ccc(CO)cc1COc1ccccc1F. The van der Waals surface area contributed by atoms with Crippen molar-refractivity contribution >= 4 is 0 Å². The normalized spacial score (nSPS) is 10.3. The fraction of sp³-hybridized carbons (Fsp3) is 0.200. The van der Waals surface area contributed by atoms with Crippen molar-refractivity contribution in [1.82, 2.24) is 0 Å². The number of benzene rings is 2. The number of aliphatic hydroxyl groups is 1. The van der Waals surface area contributed by atoms with Gasteiger partial charge in [0, 0.05) is 5.56 Å². The van der Waals surface area contributed by atoms with Crippen LogP contribution in [0.3, 0.4) is 0 Å². The molecule has 0 radical (unpaired) electrons. The van der Waals surface area contributed by atoms with Crippen molar-refractivity contribution in [2.75, 3.05) is 7.11 Å². The standard InChI is InChI=1S/C15H15FO3/c1-18-14-7-6-11(9-17)8-12(14)10-19-15-5-3-2-4-13(15)16/h2-8,17H,9-10H2,1H3. The minimum Gasteiger partial charge on any atom is -0.496 e. The van der Waals surface area contributed by atoms with Gasteiger partial charge in [-0.05, 0) is 29.8 Å². The molecule has 0 aliphatic rings. The lowest BCUT2D eigenvalue weighted by Crippen LogP contribution is -2.01. The van der Waals surface area contributed by atoms with Gasteiger partial charge in [-0.2, -0.15) is 0 Å². The van der Waals surface area contributed by atoms with Crippen molar-refractivity contribution in [2.45, 2.75) is 13.2 Å². The van der Waals surface area contributed by atoms with Crippen LogP contribution < -0.4 is 9.47 Å². The average molecular weight is 262 g/mol. The summed E-state index contributed by atoms with van der Waals surface area (Å²) in [6.07, 6.45) is 0. The third-order valence-electron chi connectivity index (χ3n) is 2.75. The third-order valence-corrected chi connectivity index (χ3v) is 2.75. The Bertz CT molecular complexity index is 555. The number of para-hydroxylation sites is 1. The number of rotatable bonds is 5. The Kier molecular flexibility index (Phi) is 4.36. The van der Waals surface area contributed by atoms with E-state index in [0.29, 0.717) is 5.75 Å². The van der Waals surface area contributed by atoms with Gasteiger partial charge in [0.25, 0.3) is 0 Å². The van der Waals surface area contributed by atoms with Gasteiger partial charge in [-0.15, -0.1) is 0 Å². The third kappa shape index (κ3) is 3.23. The van der Waals surface area contributed by atoms with Gasteiger partial charge in [-0.25, -0.2) is 4.39 Å². The highest BCUT2D eigenvalue weighted by molar-refractivity contribution is 5.37. The van der Waals surface area contributed by atoms with Crippen LogP contribution in [0, 0.1) is 5.82 Å². The van der Waals surface area contributed by atoms with E-state index in [2.05, 4.69) is 0 Å². The lowest BCUT2D eigenvalue weighted by molar-refractivity contribution is 0.275. The molecule has 2 aromatic carbocycles. The first kappa shape index (κ1) is 13.4. The Morgan fingerprint density at radius 3 is 2.58 bits per heavy atom. The molecule has 4 heteroatoms. The van der Waals surface area contributed by atoms with E-state index in [1.165, 1.54) is 6.07 Å². The Morgan fingerprint density at radius 2 is 1.89 bits per heavy atom. The molecule has 100 valence electrons. The van der Waals surface area contributed by atoms with Gasteiger partial charge in [0.1, 0.15) is 12.4 Å². The highest BCUT2D eigenvalue weighted by Crippen LogP contribution is 2.23. The van der Waals surface area contributed by atoms with Gasteiger partial charge in [0.2, 0.25) is 0 Å². The van der Waals surface area contributed by atoms with Crippen LogP contribution in [0.4, 0.5) is 4.39 Å². The molecular formula is C15H15FO3. The van der Waals surface area contributed by atoms with E-state index < -0.39 is 5.82 Å². The molecule has 0 saturated carbocycles. The Hall–Kier alpha value is -2.07. The summed E-state index contributed by atoms with van der Waals surface area (Å²) in [5, 5.41) is 9.11. The zero-order valence-electron chi connectivity index (χ0n) is 10.6. The van der Waals surface area contributed by atoms with Gasteiger partial charge in [0.15, 0.2) is 11.6 Å². The molecule has 0 amide bonds. The summed E-state index contributed by atoms with van der Waals surface area (Å²) < 4.78 is 24.1. The lowest BCUT2D eigenvalue weighted by atomic mass is 10.1. The molecule has 1 N–H and O–H groups in total. The minimum absolute atomic E-state index is 0.0588. The molecule has 0 saturated heterocycles. The van der Waals surface area contributed by atoms with Crippen molar-refractivity contribution in [3.05, 3.63) is 59.4 Å². The summed E-state index contributed by atoms with van der Waals surface area (Å²) in [5.74, 6) is 0.437. The molecule has 3 nitrogen and oxygen atoms in total. The van der Waals surface area contributed by atoms with Crippen LogP contribution in [0.2, 0.25) is 0 Å². The molecular weight excluding hydrogens is 247 g/mol. The Labute approximate surface area is 111 Å². The van der Waals surface area contributed by atoms with E-state index in [0.717, 1.165) is 11.1 Å². The lowest BCUT2D eigenvalue weighted by Gasteiger charge is -2.12. The van der Waals surface area contributed by atoms with Crippen LogP contribution >= 0.6 is 0 Å². The molecule has 0 spiro atoms. The van der Waals surface area contributed by atoms with E-state index in [1.54, 1.807) is 43.5 Å². The average Bonchev–Trinajstić information content (AvgIpc) is 2.46. The zero-order chi connectivity index (χ0) is 13.7. The Balaban J connectivity index is 2.16. The molecule has 2 aromatic rings. The number of methoxy groups -OCH3 is 1. The summed E-state index contributed by atoms with van der Waals surface area (Å²) in [4.78, 5) is 0. The molecule has 2 rings (SSSR count). The molecule has 0 aliphatic carbocycles. The second-order valence-corrected chi connectivity index (χ2v) is 4.02. The number of halogens is 1. The Morgan fingerprint density at radius 1 is 1.11 bits per heavy atom. The van der Waals surface area contributed by atoms with Crippen molar-refractivity contribution in [2.24, 2.45) is 0 Å². The van der Waals surface area contributed by atoms with E-state index in [4.69, 9.17) is 14.6 Å². The predicted molar refractivity (Wildman–Crippen MR) is 69.6 cm³/mol. The van der Waals surface area contributed by atoms with Crippen molar-refractivity contribution < 1.29 is 19.0 Å². The van der Waals surface area contributed by atoms with Crippen LogP contribution in [0.15, 0.2) is 42.5 Å². The number of ether oxygens (including phenoxy) is 2. The molecule has 0 bridgehead atoms. The van der Waals surface area contributed by atoms with E-state index in [-0.39, 0.29) is 19.0 Å². The first-order chi connectivity index (χ1) is 9.24. The van der Waals surface area contributed by atoms with E-state index >= 15 is 0 Å². The van der Waals surface area contributed by atoms with E-state index in [9.17, 15) is 4.39 Å². The van der Waals surface area contributed by atoms with Gasteiger partial charge in [-0.3, -0.25) is 0 Å². The minimum atomic E-state index is -0.403. The summed E-state index contributed by atoms with van der Waals surface area (Å²) in [6.45, 7) is 0.120. The largest absolute Gasteiger partial charge is 0.496 e. The van der Waals surface area contributed by atoms with Gasteiger partial charge >= 0.3 is 0 Å². The highest BCUT2D eigenvalue weighted by atomic mass is 19.1. The summed E-state index contributed by atoms with van der Waals surface area (Å²) in [6, 6.07) is 11.5. The molecule has 0 aliphatic heterocycles. The van der Waals surface area contributed by atoms with Crippen molar-refractivity contribution in [3.8, 4) is 11.5 Å². The smallest absolute Gasteiger partial charge is 0.165 e. The van der Waals surface area contributed by atoms with Crippen LogP contribution in [-0.4, -0.2) is 12.2 Å². The fourth-order valence-corrected chi connectivity index (χ4v) is 1.76. The van der Waals surface area contributed by atoms with Crippen LogP contribution in [0.25, 0.3) is 0 Å². The number of hydrogen-bond donors (Lipinski definition) is 1. The molecule has 0 heterocycles. The highest BCUT2D eigenvalue weighted by Gasteiger charge is 2.07. The van der Waals surface area contributed by atoms with Crippen LogP contribution in [-0.2, 0) is 13.2 Å².